The highest BCUT2D eigenvalue weighted by molar-refractivity contribution is 5.81. The largest absolute Gasteiger partial charge is 0.339 e. The van der Waals surface area contributed by atoms with E-state index >= 15 is 0 Å². The summed E-state index contributed by atoms with van der Waals surface area (Å²) in [4.78, 5) is 20.4. The fourth-order valence-corrected chi connectivity index (χ4v) is 2.42. The first-order chi connectivity index (χ1) is 10.1. The molecule has 21 heavy (non-hydrogen) atoms. The van der Waals surface area contributed by atoms with E-state index in [4.69, 9.17) is 0 Å². The maximum Gasteiger partial charge on any atom is 0.245 e. The molecule has 112 valence electrons. The molecule has 0 saturated carbocycles. The number of hydrogen-bond acceptors (Lipinski definition) is 5. The summed E-state index contributed by atoms with van der Waals surface area (Å²) in [5, 5.41) is 7.64. The molecular weight excluding hydrogens is 268 g/mol. The van der Waals surface area contributed by atoms with E-state index in [0.717, 1.165) is 37.4 Å². The summed E-state index contributed by atoms with van der Waals surface area (Å²) in [6.45, 7) is 5.58. The molecule has 1 amide bonds. The second kappa shape index (κ2) is 5.69. The van der Waals surface area contributed by atoms with Gasteiger partial charge in [0.15, 0.2) is 5.65 Å². The fourth-order valence-electron chi connectivity index (χ4n) is 2.42. The Morgan fingerprint density at radius 2 is 2.19 bits per heavy atom. The summed E-state index contributed by atoms with van der Waals surface area (Å²) in [7, 11) is 1.85. The number of anilines is 1. The molecule has 1 fully saturated rings. The van der Waals surface area contributed by atoms with Crippen LogP contribution in [0.15, 0.2) is 18.3 Å². The number of aromatic nitrogens is 3. The molecule has 0 radical (unpaired) electrons. The number of nitrogens with one attached hydrogen (secondary N) is 1. The highest BCUT2D eigenvalue weighted by Crippen LogP contribution is 2.11. The predicted octanol–water partition coefficient (Wildman–Crippen LogP) is -0.0943. The lowest BCUT2D eigenvalue weighted by atomic mass is 10.3. The van der Waals surface area contributed by atoms with Crippen LogP contribution in [-0.2, 0) is 4.79 Å². The van der Waals surface area contributed by atoms with Crippen LogP contribution in [0.4, 0.5) is 5.95 Å². The molecule has 1 saturated heterocycles. The van der Waals surface area contributed by atoms with Gasteiger partial charge in [0.05, 0.1) is 6.54 Å². The van der Waals surface area contributed by atoms with Gasteiger partial charge in [-0.15, -0.1) is 5.10 Å². The highest BCUT2D eigenvalue weighted by atomic mass is 16.2. The molecule has 0 aromatic carbocycles. The molecule has 7 heteroatoms. The Kier molecular flexibility index (Phi) is 3.74. The van der Waals surface area contributed by atoms with Crippen LogP contribution in [0.3, 0.4) is 0 Å². The van der Waals surface area contributed by atoms with Crippen LogP contribution < -0.4 is 10.2 Å². The maximum atomic E-state index is 12.2. The van der Waals surface area contributed by atoms with Crippen LogP contribution in [0.2, 0.25) is 0 Å². The zero-order chi connectivity index (χ0) is 14.8. The van der Waals surface area contributed by atoms with Gasteiger partial charge < -0.3 is 15.1 Å². The minimum atomic E-state index is 0.119. The van der Waals surface area contributed by atoms with Gasteiger partial charge in [-0.25, -0.2) is 4.52 Å². The van der Waals surface area contributed by atoms with Crippen molar-refractivity contribution in [2.24, 2.45) is 0 Å². The molecule has 0 aliphatic carbocycles. The van der Waals surface area contributed by atoms with Crippen LogP contribution >= 0.6 is 0 Å². The number of pyridine rings is 1. The first-order valence-corrected chi connectivity index (χ1v) is 7.16. The maximum absolute atomic E-state index is 12.2. The van der Waals surface area contributed by atoms with Crippen molar-refractivity contribution in [2.45, 2.75) is 6.92 Å². The molecule has 2 aromatic rings. The first kappa shape index (κ1) is 13.8. The second-order valence-corrected chi connectivity index (χ2v) is 5.41. The van der Waals surface area contributed by atoms with Crippen molar-refractivity contribution in [2.75, 3.05) is 44.7 Å². The summed E-state index contributed by atoms with van der Waals surface area (Å²) >= 11 is 0. The van der Waals surface area contributed by atoms with E-state index in [0.29, 0.717) is 12.5 Å². The molecule has 0 spiro atoms. The van der Waals surface area contributed by atoms with Gasteiger partial charge in [-0.3, -0.25) is 4.79 Å². The Morgan fingerprint density at radius 3 is 2.95 bits per heavy atom. The Balaban J connectivity index is 1.71. The minimum absolute atomic E-state index is 0.119. The average molecular weight is 288 g/mol. The van der Waals surface area contributed by atoms with Gasteiger partial charge in [0, 0.05) is 39.4 Å². The molecule has 2 aromatic heterocycles. The normalized spacial score (nSPS) is 15.4. The standard InChI is InChI=1S/C14H20N6O/c1-11-3-6-20-12(9-11)16-14(17-20)18(2)10-13(21)19-7-4-15-5-8-19/h3,6,9,15H,4-5,7-8,10H2,1-2H3. The third-order valence-electron chi connectivity index (χ3n) is 3.67. The number of carbonyl (C=O) groups is 1. The Bertz CT molecular complexity index is 646. The van der Waals surface area contributed by atoms with Gasteiger partial charge in [0.25, 0.3) is 0 Å². The van der Waals surface area contributed by atoms with Crippen molar-refractivity contribution in [3.8, 4) is 0 Å². The molecule has 1 aliphatic heterocycles. The topological polar surface area (TPSA) is 65.8 Å². The van der Waals surface area contributed by atoms with Crippen LogP contribution in [-0.4, -0.2) is 65.2 Å². The molecule has 0 atom stereocenters. The number of amides is 1. The quantitative estimate of drug-likeness (QED) is 0.855. The van der Waals surface area contributed by atoms with Gasteiger partial charge >= 0.3 is 0 Å². The SMILES string of the molecule is Cc1ccn2nc(N(C)CC(=O)N3CCNCC3)nc2c1. The number of hydrogen-bond donors (Lipinski definition) is 1. The summed E-state index contributed by atoms with van der Waals surface area (Å²) in [6, 6.07) is 3.96. The molecule has 7 nitrogen and oxygen atoms in total. The van der Waals surface area contributed by atoms with E-state index in [1.54, 1.807) is 9.42 Å². The Labute approximate surface area is 123 Å². The molecule has 1 N–H and O–H groups in total. The third-order valence-corrected chi connectivity index (χ3v) is 3.67. The number of piperazine rings is 1. The van der Waals surface area contributed by atoms with Crippen LogP contribution in [0, 0.1) is 6.92 Å². The molecular formula is C14H20N6O. The molecule has 3 rings (SSSR count). The molecule has 0 unspecified atom stereocenters. The third kappa shape index (κ3) is 2.97. The Hall–Kier alpha value is -2.15. The lowest BCUT2D eigenvalue weighted by Crippen LogP contribution is -2.49. The summed E-state index contributed by atoms with van der Waals surface area (Å²) < 4.78 is 1.73. The van der Waals surface area contributed by atoms with E-state index in [-0.39, 0.29) is 5.91 Å². The van der Waals surface area contributed by atoms with Crippen LogP contribution in [0.1, 0.15) is 5.56 Å². The van der Waals surface area contributed by atoms with E-state index in [9.17, 15) is 4.79 Å². The van der Waals surface area contributed by atoms with E-state index in [2.05, 4.69) is 15.4 Å². The predicted molar refractivity (Wildman–Crippen MR) is 80.4 cm³/mol. The number of nitrogens with zero attached hydrogens (tertiary/aromatic N) is 5. The minimum Gasteiger partial charge on any atom is -0.339 e. The first-order valence-electron chi connectivity index (χ1n) is 7.16. The van der Waals surface area contributed by atoms with Crippen molar-refractivity contribution < 1.29 is 4.79 Å². The lowest BCUT2D eigenvalue weighted by molar-refractivity contribution is -0.130. The van der Waals surface area contributed by atoms with E-state index < -0.39 is 0 Å². The van der Waals surface area contributed by atoms with E-state index in [1.165, 1.54) is 0 Å². The van der Waals surface area contributed by atoms with Crippen molar-refractivity contribution >= 4 is 17.5 Å². The molecule has 3 heterocycles. The smallest absolute Gasteiger partial charge is 0.245 e. The number of carbonyl (C=O) groups excluding carboxylic acids is 1. The van der Waals surface area contributed by atoms with Crippen molar-refractivity contribution in [3.05, 3.63) is 23.9 Å². The zero-order valence-corrected chi connectivity index (χ0v) is 12.4. The van der Waals surface area contributed by atoms with Gasteiger partial charge in [0.1, 0.15) is 0 Å². The summed E-state index contributed by atoms with van der Waals surface area (Å²) in [5.74, 6) is 0.693. The number of likely N-dealkylation sites (N-methyl/N-ethyl adjacent to an activating group) is 1. The lowest BCUT2D eigenvalue weighted by Gasteiger charge is -2.28. The fraction of sp³-hybridized carbons (Fsp3) is 0.500. The highest BCUT2D eigenvalue weighted by Gasteiger charge is 2.19. The number of fused-ring (bicyclic) bond motifs is 1. The summed E-state index contributed by atoms with van der Waals surface area (Å²) in [6.07, 6.45) is 1.88. The van der Waals surface area contributed by atoms with Gasteiger partial charge in [-0.1, -0.05) is 0 Å². The molecule has 1 aliphatic rings. The zero-order valence-electron chi connectivity index (χ0n) is 12.4. The van der Waals surface area contributed by atoms with Crippen LogP contribution in [0.25, 0.3) is 5.65 Å². The van der Waals surface area contributed by atoms with Gasteiger partial charge in [-0.05, 0) is 24.6 Å². The van der Waals surface area contributed by atoms with Crippen molar-refractivity contribution in [1.82, 2.24) is 24.8 Å². The van der Waals surface area contributed by atoms with Crippen LogP contribution in [0.5, 0.6) is 0 Å². The van der Waals surface area contributed by atoms with Gasteiger partial charge in [-0.2, -0.15) is 4.98 Å². The van der Waals surface area contributed by atoms with Gasteiger partial charge in [0.2, 0.25) is 11.9 Å². The molecule has 0 bridgehead atoms. The second-order valence-electron chi connectivity index (χ2n) is 5.41. The monoisotopic (exact) mass is 288 g/mol. The van der Waals surface area contributed by atoms with E-state index in [1.807, 2.05) is 37.2 Å². The number of rotatable bonds is 3. The van der Waals surface area contributed by atoms with Crippen molar-refractivity contribution in [3.63, 3.8) is 0 Å². The average Bonchev–Trinajstić information content (AvgIpc) is 2.91. The summed E-state index contributed by atoms with van der Waals surface area (Å²) in [5.41, 5.74) is 1.94. The van der Waals surface area contributed by atoms with Crippen molar-refractivity contribution in [1.29, 1.82) is 0 Å². The Morgan fingerprint density at radius 1 is 1.43 bits per heavy atom. The number of aryl methyl sites for hydroxylation is 1.